The summed E-state index contributed by atoms with van der Waals surface area (Å²) in [5, 5.41) is 4.30. The van der Waals surface area contributed by atoms with Gasteiger partial charge in [0.15, 0.2) is 5.58 Å². The zero-order valence-electron chi connectivity index (χ0n) is 8.87. The molecule has 0 radical (unpaired) electrons. The predicted molar refractivity (Wildman–Crippen MR) is 65.6 cm³/mol. The molecule has 1 atom stereocenters. The molecule has 3 rings (SSSR count). The van der Waals surface area contributed by atoms with Crippen molar-refractivity contribution >= 4 is 34.3 Å². The standard InChI is InChI=1S/C11H10Cl2N2O2/c12-6-3-7(13)10-8(4-6)15-11(17-10)9-5-16-2-1-14-9/h3-4,9,14H,1-2,5H2. The second-order valence-electron chi connectivity index (χ2n) is 3.87. The molecule has 1 unspecified atom stereocenters. The molecule has 0 spiro atoms. The van der Waals surface area contributed by atoms with Crippen LogP contribution >= 0.6 is 23.2 Å². The van der Waals surface area contributed by atoms with Crippen molar-refractivity contribution in [1.82, 2.24) is 10.3 Å². The highest BCUT2D eigenvalue weighted by molar-refractivity contribution is 6.37. The quantitative estimate of drug-likeness (QED) is 0.867. The summed E-state index contributed by atoms with van der Waals surface area (Å²) in [6, 6.07) is 3.36. The van der Waals surface area contributed by atoms with Crippen LogP contribution in [0.25, 0.3) is 11.1 Å². The van der Waals surface area contributed by atoms with Gasteiger partial charge in [0.1, 0.15) is 11.6 Å². The van der Waals surface area contributed by atoms with Crippen LogP contribution in [-0.2, 0) is 4.74 Å². The van der Waals surface area contributed by atoms with Crippen LogP contribution in [0.2, 0.25) is 10.0 Å². The average Bonchev–Trinajstić information content (AvgIpc) is 2.74. The number of fused-ring (bicyclic) bond motifs is 1. The van der Waals surface area contributed by atoms with Gasteiger partial charge in [0, 0.05) is 11.6 Å². The fourth-order valence-electron chi connectivity index (χ4n) is 1.85. The van der Waals surface area contributed by atoms with Gasteiger partial charge >= 0.3 is 0 Å². The summed E-state index contributed by atoms with van der Waals surface area (Å²) >= 11 is 12.0. The molecular formula is C11H10Cl2N2O2. The Hall–Kier alpha value is -0.810. The molecule has 1 N–H and O–H groups in total. The van der Waals surface area contributed by atoms with Crippen molar-refractivity contribution in [2.75, 3.05) is 19.8 Å². The number of ether oxygens (including phenoxy) is 1. The summed E-state index contributed by atoms with van der Waals surface area (Å²) in [7, 11) is 0. The van der Waals surface area contributed by atoms with E-state index in [-0.39, 0.29) is 6.04 Å². The van der Waals surface area contributed by atoms with Crippen LogP contribution in [-0.4, -0.2) is 24.7 Å². The number of aromatic nitrogens is 1. The number of benzene rings is 1. The van der Waals surface area contributed by atoms with Crippen LogP contribution in [0.15, 0.2) is 16.5 Å². The molecule has 1 aromatic carbocycles. The minimum absolute atomic E-state index is 0.0222. The molecule has 2 aromatic rings. The maximum absolute atomic E-state index is 6.04. The minimum atomic E-state index is -0.0222. The van der Waals surface area contributed by atoms with E-state index in [1.165, 1.54) is 0 Å². The van der Waals surface area contributed by atoms with Gasteiger partial charge in [0.25, 0.3) is 0 Å². The van der Waals surface area contributed by atoms with Crippen molar-refractivity contribution < 1.29 is 9.15 Å². The van der Waals surface area contributed by atoms with Gasteiger partial charge in [-0.25, -0.2) is 4.98 Å². The molecule has 0 amide bonds. The Bertz CT molecular complexity index is 550. The molecule has 0 saturated carbocycles. The lowest BCUT2D eigenvalue weighted by molar-refractivity contribution is 0.0687. The number of morpholine rings is 1. The predicted octanol–water partition coefficient (Wildman–Crippen LogP) is 2.80. The molecule has 1 fully saturated rings. The SMILES string of the molecule is Clc1cc(Cl)c2oc(C3COCCN3)nc2c1. The van der Waals surface area contributed by atoms with E-state index >= 15 is 0 Å². The first-order chi connectivity index (χ1) is 8.24. The van der Waals surface area contributed by atoms with E-state index < -0.39 is 0 Å². The Labute approximate surface area is 108 Å². The van der Waals surface area contributed by atoms with Gasteiger partial charge in [0.05, 0.1) is 18.2 Å². The van der Waals surface area contributed by atoms with Gasteiger partial charge in [0.2, 0.25) is 5.89 Å². The first kappa shape index (κ1) is 11.3. The van der Waals surface area contributed by atoms with Crippen LogP contribution in [0.3, 0.4) is 0 Å². The summed E-state index contributed by atoms with van der Waals surface area (Å²) in [6.45, 7) is 2.05. The fourth-order valence-corrected chi connectivity index (χ4v) is 2.37. The number of nitrogens with one attached hydrogen (secondary N) is 1. The minimum Gasteiger partial charge on any atom is -0.437 e. The van der Waals surface area contributed by atoms with E-state index in [0.717, 1.165) is 6.54 Å². The van der Waals surface area contributed by atoms with Crippen molar-refractivity contribution in [2.45, 2.75) is 6.04 Å². The second-order valence-corrected chi connectivity index (χ2v) is 4.71. The van der Waals surface area contributed by atoms with Gasteiger partial charge in [-0.2, -0.15) is 0 Å². The lowest BCUT2D eigenvalue weighted by Gasteiger charge is -2.20. The Morgan fingerprint density at radius 2 is 2.24 bits per heavy atom. The Balaban J connectivity index is 2.03. The third-order valence-electron chi connectivity index (χ3n) is 2.65. The van der Waals surface area contributed by atoms with Crippen molar-refractivity contribution in [3.8, 4) is 0 Å². The highest BCUT2D eigenvalue weighted by Crippen LogP contribution is 2.30. The number of nitrogens with zero attached hydrogens (tertiary/aromatic N) is 1. The number of hydrogen-bond acceptors (Lipinski definition) is 4. The molecule has 1 aromatic heterocycles. The van der Waals surface area contributed by atoms with Crippen molar-refractivity contribution in [1.29, 1.82) is 0 Å². The third-order valence-corrected chi connectivity index (χ3v) is 3.14. The summed E-state index contributed by atoms with van der Waals surface area (Å²) in [5.41, 5.74) is 1.24. The Kier molecular flexibility index (Phi) is 2.96. The molecule has 17 heavy (non-hydrogen) atoms. The molecule has 90 valence electrons. The van der Waals surface area contributed by atoms with E-state index in [9.17, 15) is 0 Å². The molecule has 1 aliphatic heterocycles. The molecule has 1 aliphatic rings. The lowest BCUT2D eigenvalue weighted by Crippen LogP contribution is -2.34. The Morgan fingerprint density at radius 3 is 3.00 bits per heavy atom. The maximum Gasteiger partial charge on any atom is 0.215 e. The molecule has 4 nitrogen and oxygen atoms in total. The van der Waals surface area contributed by atoms with Gasteiger partial charge in [-0.05, 0) is 12.1 Å². The van der Waals surface area contributed by atoms with Crippen LogP contribution < -0.4 is 5.32 Å². The third kappa shape index (κ3) is 2.13. The van der Waals surface area contributed by atoms with E-state index in [2.05, 4.69) is 10.3 Å². The monoisotopic (exact) mass is 272 g/mol. The molecule has 0 bridgehead atoms. The highest BCUT2D eigenvalue weighted by atomic mass is 35.5. The molecule has 0 aliphatic carbocycles. The lowest BCUT2D eigenvalue weighted by atomic mass is 10.3. The zero-order chi connectivity index (χ0) is 11.8. The summed E-state index contributed by atoms with van der Waals surface area (Å²) < 4.78 is 11.0. The second kappa shape index (κ2) is 4.46. The normalized spacial score (nSPS) is 20.9. The van der Waals surface area contributed by atoms with Crippen LogP contribution in [0.4, 0.5) is 0 Å². The highest BCUT2D eigenvalue weighted by Gasteiger charge is 2.21. The van der Waals surface area contributed by atoms with Crippen LogP contribution in [0.5, 0.6) is 0 Å². The largest absolute Gasteiger partial charge is 0.437 e. The topological polar surface area (TPSA) is 47.3 Å². The van der Waals surface area contributed by atoms with Crippen LogP contribution in [0.1, 0.15) is 11.9 Å². The van der Waals surface area contributed by atoms with Gasteiger partial charge in [-0.15, -0.1) is 0 Å². The van der Waals surface area contributed by atoms with Gasteiger partial charge < -0.3 is 14.5 Å². The first-order valence-electron chi connectivity index (χ1n) is 5.30. The van der Waals surface area contributed by atoms with E-state index in [1.807, 2.05) is 0 Å². The molecule has 1 saturated heterocycles. The smallest absolute Gasteiger partial charge is 0.215 e. The number of halogens is 2. The van der Waals surface area contributed by atoms with E-state index in [4.69, 9.17) is 32.4 Å². The number of hydrogen-bond donors (Lipinski definition) is 1. The summed E-state index contributed by atoms with van der Waals surface area (Å²) in [4.78, 5) is 4.38. The van der Waals surface area contributed by atoms with Crippen molar-refractivity contribution in [3.63, 3.8) is 0 Å². The van der Waals surface area contributed by atoms with E-state index in [1.54, 1.807) is 12.1 Å². The Morgan fingerprint density at radius 1 is 1.35 bits per heavy atom. The van der Waals surface area contributed by atoms with Gasteiger partial charge in [-0.1, -0.05) is 23.2 Å². The van der Waals surface area contributed by atoms with E-state index in [0.29, 0.717) is 40.2 Å². The fraction of sp³-hybridized carbons (Fsp3) is 0.364. The maximum atomic E-state index is 6.04. The number of rotatable bonds is 1. The first-order valence-corrected chi connectivity index (χ1v) is 6.06. The van der Waals surface area contributed by atoms with Crippen molar-refractivity contribution in [3.05, 3.63) is 28.1 Å². The number of oxazole rings is 1. The van der Waals surface area contributed by atoms with Gasteiger partial charge in [-0.3, -0.25) is 0 Å². The van der Waals surface area contributed by atoms with Crippen LogP contribution in [0, 0.1) is 0 Å². The molecule has 2 heterocycles. The van der Waals surface area contributed by atoms with Crippen molar-refractivity contribution in [2.24, 2.45) is 0 Å². The zero-order valence-corrected chi connectivity index (χ0v) is 10.4. The summed E-state index contributed by atoms with van der Waals surface area (Å²) in [5.74, 6) is 0.587. The average molecular weight is 273 g/mol. The summed E-state index contributed by atoms with van der Waals surface area (Å²) in [6.07, 6.45) is 0. The molecule has 6 heteroatoms. The molecular weight excluding hydrogens is 263 g/mol.